The molecule has 0 unspecified atom stereocenters. The van der Waals surface area contributed by atoms with Crippen LogP contribution in [0.4, 0.5) is 0 Å². The molecule has 4 heteroatoms. The van der Waals surface area contributed by atoms with Crippen LogP contribution >= 0.6 is 0 Å². The van der Waals surface area contributed by atoms with Gasteiger partial charge < -0.3 is 15.1 Å². The molecular formula is C15H31N3O+2. The van der Waals surface area contributed by atoms with Crippen molar-refractivity contribution in [1.29, 1.82) is 0 Å². The van der Waals surface area contributed by atoms with E-state index in [0.29, 0.717) is 6.04 Å². The number of rotatable bonds is 4. The largest absolute Gasteiger partial charge is 0.348 e. The van der Waals surface area contributed by atoms with Gasteiger partial charge in [0.1, 0.15) is 26.2 Å². The molecule has 2 fully saturated rings. The molecule has 0 radical (unpaired) electrons. The van der Waals surface area contributed by atoms with Gasteiger partial charge in [-0.1, -0.05) is 19.3 Å². The van der Waals surface area contributed by atoms with Gasteiger partial charge in [-0.2, -0.15) is 0 Å². The molecule has 2 aliphatic rings. The van der Waals surface area contributed by atoms with E-state index < -0.39 is 0 Å². The number of hydrogen-bond acceptors (Lipinski definition) is 1. The summed E-state index contributed by atoms with van der Waals surface area (Å²) >= 11 is 0. The van der Waals surface area contributed by atoms with Crippen LogP contribution in [0.25, 0.3) is 0 Å². The summed E-state index contributed by atoms with van der Waals surface area (Å²) in [5.41, 5.74) is 0. The van der Waals surface area contributed by atoms with Gasteiger partial charge in [-0.3, -0.25) is 4.79 Å². The summed E-state index contributed by atoms with van der Waals surface area (Å²) in [7, 11) is 0. The quantitative estimate of drug-likeness (QED) is 0.579. The number of likely N-dealkylation sites (N-methyl/N-ethyl adjacent to an activating group) is 1. The maximum atomic E-state index is 12.3. The average molecular weight is 269 g/mol. The van der Waals surface area contributed by atoms with E-state index in [1.807, 2.05) is 0 Å². The number of piperazine rings is 1. The van der Waals surface area contributed by atoms with Crippen molar-refractivity contribution in [2.24, 2.45) is 0 Å². The summed E-state index contributed by atoms with van der Waals surface area (Å²) < 4.78 is 0. The summed E-state index contributed by atoms with van der Waals surface area (Å²) in [5, 5.41) is 3.27. The van der Waals surface area contributed by atoms with Gasteiger partial charge in [0.25, 0.3) is 5.91 Å². The maximum Gasteiger partial charge on any atom is 0.278 e. The Morgan fingerprint density at radius 1 is 1.16 bits per heavy atom. The van der Waals surface area contributed by atoms with Gasteiger partial charge in [0.05, 0.1) is 6.54 Å². The van der Waals surface area contributed by atoms with Crippen LogP contribution in [-0.4, -0.2) is 50.7 Å². The molecule has 0 aromatic heterocycles. The Balaban J connectivity index is 1.75. The van der Waals surface area contributed by atoms with Crippen LogP contribution in [0.3, 0.4) is 0 Å². The van der Waals surface area contributed by atoms with Crippen molar-refractivity contribution >= 4 is 5.91 Å². The van der Waals surface area contributed by atoms with Gasteiger partial charge in [-0.05, 0) is 26.7 Å². The minimum Gasteiger partial charge on any atom is -0.348 e. The molecule has 1 aliphatic carbocycles. The van der Waals surface area contributed by atoms with Gasteiger partial charge in [0.2, 0.25) is 0 Å². The minimum atomic E-state index is 0.125. The Morgan fingerprint density at radius 3 is 2.37 bits per heavy atom. The Labute approximate surface area is 117 Å². The molecule has 1 heterocycles. The van der Waals surface area contributed by atoms with Crippen molar-refractivity contribution in [3.63, 3.8) is 0 Å². The molecule has 3 N–H and O–H groups in total. The van der Waals surface area contributed by atoms with Crippen molar-refractivity contribution < 1.29 is 14.6 Å². The van der Waals surface area contributed by atoms with Crippen LogP contribution in [-0.2, 0) is 4.79 Å². The predicted molar refractivity (Wildman–Crippen MR) is 76.4 cm³/mol. The van der Waals surface area contributed by atoms with E-state index in [1.165, 1.54) is 56.6 Å². The SMILES string of the molecule is CC[NH+]1CC[NH+]([C@H](C)C(=O)NC2CCCCC2)CC1. The van der Waals surface area contributed by atoms with E-state index in [4.69, 9.17) is 0 Å². The first kappa shape index (κ1) is 14.8. The highest BCUT2D eigenvalue weighted by molar-refractivity contribution is 5.80. The first-order valence-electron chi connectivity index (χ1n) is 8.19. The third kappa shape index (κ3) is 4.18. The molecule has 0 aromatic rings. The lowest BCUT2D eigenvalue weighted by Gasteiger charge is -2.33. The molecule has 0 bridgehead atoms. The average Bonchev–Trinajstić information content (AvgIpc) is 2.47. The molecule has 0 aromatic carbocycles. The summed E-state index contributed by atoms with van der Waals surface area (Å²) in [6.45, 7) is 10.3. The van der Waals surface area contributed by atoms with Gasteiger partial charge in [0, 0.05) is 6.04 Å². The predicted octanol–water partition coefficient (Wildman–Crippen LogP) is -1.37. The standard InChI is InChI=1S/C15H29N3O/c1-3-17-9-11-18(12-10-17)13(2)15(19)16-14-7-5-4-6-8-14/h13-14H,3-12H2,1-2H3,(H,16,19)/p+2/t13-/m1/s1. The molecule has 1 saturated heterocycles. The molecule has 4 nitrogen and oxygen atoms in total. The van der Waals surface area contributed by atoms with Crippen LogP contribution in [0.2, 0.25) is 0 Å². The van der Waals surface area contributed by atoms with E-state index >= 15 is 0 Å². The fraction of sp³-hybridized carbons (Fsp3) is 0.933. The van der Waals surface area contributed by atoms with Gasteiger partial charge in [-0.15, -0.1) is 0 Å². The fourth-order valence-corrected chi connectivity index (χ4v) is 3.47. The van der Waals surface area contributed by atoms with Gasteiger partial charge in [0.15, 0.2) is 6.04 Å². The van der Waals surface area contributed by atoms with E-state index in [0.717, 1.165) is 13.1 Å². The molecule has 1 amide bonds. The second kappa shape index (κ2) is 7.25. The molecule has 1 aliphatic heterocycles. The highest BCUT2D eigenvalue weighted by atomic mass is 16.2. The first-order valence-corrected chi connectivity index (χ1v) is 8.19. The molecule has 19 heavy (non-hydrogen) atoms. The number of hydrogen-bond donors (Lipinski definition) is 3. The molecule has 0 spiro atoms. The van der Waals surface area contributed by atoms with Crippen molar-refractivity contribution in [2.75, 3.05) is 32.7 Å². The van der Waals surface area contributed by atoms with Crippen LogP contribution in [0.1, 0.15) is 46.0 Å². The maximum absolute atomic E-state index is 12.3. The number of quaternary nitrogens is 2. The first-order chi connectivity index (χ1) is 9.20. The molecule has 1 atom stereocenters. The van der Waals surface area contributed by atoms with Crippen LogP contribution < -0.4 is 15.1 Å². The lowest BCUT2D eigenvalue weighted by Crippen LogP contribution is -3.30. The smallest absolute Gasteiger partial charge is 0.278 e. The molecular weight excluding hydrogens is 238 g/mol. The van der Waals surface area contributed by atoms with Crippen LogP contribution in [0.5, 0.6) is 0 Å². The normalized spacial score (nSPS) is 30.8. The van der Waals surface area contributed by atoms with Gasteiger partial charge in [-0.25, -0.2) is 0 Å². The summed E-state index contributed by atoms with van der Waals surface area (Å²) in [6.07, 6.45) is 6.27. The second-order valence-corrected chi connectivity index (χ2v) is 6.33. The van der Waals surface area contributed by atoms with Crippen molar-refractivity contribution in [3.05, 3.63) is 0 Å². The van der Waals surface area contributed by atoms with E-state index in [2.05, 4.69) is 19.2 Å². The number of amides is 1. The summed E-state index contributed by atoms with van der Waals surface area (Å²) in [6, 6.07) is 0.575. The number of carbonyl (C=O) groups excluding carboxylic acids is 1. The van der Waals surface area contributed by atoms with E-state index in [1.54, 1.807) is 4.90 Å². The summed E-state index contributed by atoms with van der Waals surface area (Å²) in [5.74, 6) is 0.279. The third-order valence-corrected chi connectivity index (χ3v) is 5.06. The Bertz CT molecular complexity index is 281. The Morgan fingerprint density at radius 2 is 1.79 bits per heavy atom. The Hall–Kier alpha value is -0.610. The lowest BCUT2D eigenvalue weighted by atomic mass is 9.95. The van der Waals surface area contributed by atoms with E-state index in [-0.39, 0.29) is 11.9 Å². The minimum absolute atomic E-state index is 0.125. The highest BCUT2D eigenvalue weighted by Gasteiger charge is 2.31. The molecule has 110 valence electrons. The topological polar surface area (TPSA) is 38.0 Å². The Kier molecular flexibility index (Phi) is 5.64. The number of nitrogens with one attached hydrogen (secondary N) is 3. The molecule has 2 rings (SSSR count). The monoisotopic (exact) mass is 269 g/mol. The van der Waals surface area contributed by atoms with E-state index in [9.17, 15) is 4.79 Å². The molecule has 1 saturated carbocycles. The zero-order valence-corrected chi connectivity index (χ0v) is 12.6. The second-order valence-electron chi connectivity index (χ2n) is 6.33. The zero-order chi connectivity index (χ0) is 13.7. The lowest BCUT2D eigenvalue weighted by molar-refractivity contribution is -1.02. The highest BCUT2D eigenvalue weighted by Crippen LogP contribution is 2.17. The fourth-order valence-electron chi connectivity index (χ4n) is 3.47. The zero-order valence-electron chi connectivity index (χ0n) is 12.6. The summed E-state index contributed by atoms with van der Waals surface area (Å²) in [4.78, 5) is 15.5. The van der Waals surface area contributed by atoms with Crippen molar-refractivity contribution in [2.45, 2.75) is 58.0 Å². The van der Waals surface area contributed by atoms with Crippen LogP contribution in [0, 0.1) is 0 Å². The van der Waals surface area contributed by atoms with Gasteiger partial charge >= 0.3 is 0 Å². The number of carbonyl (C=O) groups is 1. The van der Waals surface area contributed by atoms with Crippen LogP contribution in [0.15, 0.2) is 0 Å². The van der Waals surface area contributed by atoms with Crippen molar-refractivity contribution in [3.8, 4) is 0 Å². The third-order valence-electron chi connectivity index (χ3n) is 5.06. The van der Waals surface area contributed by atoms with Crippen molar-refractivity contribution in [1.82, 2.24) is 5.32 Å².